The van der Waals surface area contributed by atoms with Crippen LogP contribution in [0.1, 0.15) is 181 Å². The Morgan fingerprint density at radius 1 is 0.596 bits per heavy atom. The first kappa shape index (κ1) is 52.3. The van der Waals surface area contributed by atoms with Crippen molar-refractivity contribution in [2.24, 2.45) is 5.92 Å². The van der Waals surface area contributed by atoms with Crippen LogP contribution >= 0.6 is 0 Å². The molecule has 0 aromatic carbocycles. The molecule has 1 aliphatic heterocycles. The second kappa shape index (κ2) is 38.8. The van der Waals surface area contributed by atoms with Crippen molar-refractivity contribution in [3.63, 3.8) is 0 Å². The smallest absolute Gasteiger partial charge is 0.407 e. The molecule has 1 amide bonds. The average molecular weight is 809 g/mol. The lowest BCUT2D eigenvalue weighted by molar-refractivity contribution is -0.161. The molecule has 0 aromatic heterocycles. The van der Waals surface area contributed by atoms with E-state index in [1.54, 1.807) is 0 Å². The van der Waals surface area contributed by atoms with Gasteiger partial charge in [-0.15, -0.1) is 0 Å². The van der Waals surface area contributed by atoms with Gasteiger partial charge in [-0.05, 0) is 70.6 Å². The number of halogens is 2. The molecule has 0 saturated carbocycles. The molecule has 0 radical (unpaired) electrons. The minimum Gasteiger partial charge on any atom is -0.462 e. The zero-order valence-electron chi connectivity index (χ0n) is 36.2. The Labute approximate surface area is 346 Å². The molecule has 8 nitrogen and oxygen atoms in total. The summed E-state index contributed by atoms with van der Waals surface area (Å²) in [6, 6.07) is -0.193. The Bertz CT molecular complexity index is 1060. The summed E-state index contributed by atoms with van der Waals surface area (Å²) in [5.41, 5.74) is 0. The fourth-order valence-corrected chi connectivity index (χ4v) is 6.73. The number of esters is 2. The number of nitrogens with one attached hydrogen (secondary N) is 1. The maximum Gasteiger partial charge on any atom is 0.407 e. The summed E-state index contributed by atoms with van der Waals surface area (Å²) in [6.45, 7) is 3.86. The van der Waals surface area contributed by atoms with Crippen LogP contribution in [-0.2, 0) is 23.8 Å². The molecule has 1 unspecified atom stereocenters. The lowest BCUT2D eigenvalue weighted by atomic mass is 10.1. The summed E-state index contributed by atoms with van der Waals surface area (Å²) >= 11 is 0. The molecular formula is C47H82F2N2O6. The third kappa shape index (κ3) is 32.9. The summed E-state index contributed by atoms with van der Waals surface area (Å²) in [5, 5.41) is 2.74. The predicted molar refractivity (Wildman–Crippen MR) is 230 cm³/mol. The molecule has 10 heteroatoms. The minimum atomic E-state index is -0.910. The summed E-state index contributed by atoms with van der Waals surface area (Å²) in [5.74, 6) is -1.42. The van der Waals surface area contributed by atoms with E-state index in [2.05, 4.69) is 55.6 Å². The van der Waals surface area contributed by atoms with Gasteiger partial charge in [-0.25, -0.2) is 4.79 Å². The van der Waals surface area contributed by atoms with Crippen molar-refractivity contribution >= 4 is 18.0 Å². The third-order valence-electron chi connectivity index (χ3n) is 10.3. The molecule has 1 saturated heterocycles. The number of unbranched alkanes of at least 4 members (excludes halogenated alkanes) is 19. The van der Waals surface area contributed by atoms with Gasteiger partial charge < -0.3 is 19.5 Å². The molecule has 330 valence electrons. The number of rotatable bonds is 39. The van der Waals surface area contributed by atoms with Crippen molar-refractivity contribution in [2.75, 3.05) is 46.2 Å². The van der Waals surface area contributed by atoms with Crippen LogP contribution in [0.2, 0.25) is 0 Å². The number of hydrogen-bond donors (Lipinski definition) is 1. The molecule has 1 atom stereocenters. The van der Waals surface area contributed by atoms with Gasteiger partial charge in [0.15, 0.2) is 6.10 Å². The highest BCUT2D eigenvalue weighted by Gasteiger charge is 2.30. The lowest BCUT2D eigenvalue weighted by Crippen LogP contribution is -2.60. The Morgan fingerprint density at radius 2 is 1.04 bits per heavy atom. The average Bonchev–Trinajstić information content (AvgIpc) is 3.19. The van der Waals surface area contributed by atoms with Gasteiger partial charge in [0.05, 0.1) is 19.4 Å². The number of alkyl carbamates (subject to hydrolysis) is 1. The van der Waals surface area contributed by atoms with Crippen LogP contribution in [0.15, 0.2) is 36.5 Å². The Kier molecular flexibility index (Phi) is 35.5. The molecule has 0 aliphatic carbocycles. The predicted octanol–water partition coefficient (Wildman–Crippen LogP) is 12.3. The van der Waals surface area contributed by atoms with Gasteiger partial charge in [0.2, 0.25) is 0 Å². The highest BCUT2D eigenvalue weighted by molar-refractivity contribution is 5.70. The first-order valence-electron chi connectivity index (χ1n) is 23.0. The molecule has 0 spiro atoms. The number of allylic oxidation sites excluding steroid dienone is 6. The number of carbonyl (C=O) groups excluding carboxylic acids is 3. The highest BCUT2D eigenvalue weighted by atomic mass is 19.1. The largest absolute Gasteiger partial charge is 0.462 e. The van der Waals surface area contributed by atoms with E-state index in [-0.39, 0.29) is 38.1 Å². The molecule has 1 aliphatic rings. The van der Waals surface area contributed by atoms with E-state index < -0.39 is 37.4 Å². The van der Waals surface area contributed by atoms with Crippen molar-refractivity contribution in [2.45, 2.75) is 193 Å². The fourth-order valence-electron chi connectivity index (χ4n) is 6.73. The molecule has 1 fully saturated rings. The summed E-state index contributed by atoms with van der Waals surface area (Å²) in [7, 11) is 0. The molecule has 1 N–H and O–H groups in total. The number of carbonyl (C=O) groups is 3. The minimum absolute atomic E-state index is 0.185. The van der Waals surface area contributed by atoms with E-state index in [0.717, 1.165) is 77.0 Å². The summed E-state index contributed by atoms with van der Waals surface area (Å²) in [4.78, 5) is 39.6. The first-order valence-corrected chi connectivity index (χ1v) is 23.0. The first-order chi connectivity index (χ1) is 27.9. The maximum atomic E-state index is 12.8. The van der Waals surface area contributed by atoms with E-state index in [0.29, 0.717) is 26.1 Å². The quantitative estimate of drug-likeness (QED) is 0.0286. The Hall–Kier alpha value is -2.75. The van der Waals surface area contributed by atoms with Crippen LogP contribution in [0, 0.1) is 5.92 Å². The highest BCUT2D eigenvalue weighted by Crippen LogP contribution is 2.14. The van der Waals surface area contributed by atoms with Crippen LogP contribution < -0.4 is 5.32 Å². The molecule has 0 aromatic rings. The Balaban J connectivity index is 2.32. The van der Waals surface area contributed by atoms with Gasteiger partial charge >= 0.3 is 18.0 Å². The number of alkyl halides is 2. The summed E-state index contributed by atoms with van der Waals surface area (Å²) in [6.07, 6.45) is 39.8. The van der Waals surface area contributed by atoms with Gasteiger partial charge in [0, 0.05) is 38.4 Å². The fraction of sp³-hybridized carbons (Fsp3) is 0.809. The topological polar surface area (TPSA) is 94.2 Å². The van der Waals surface area contributed by atoms with Crippen molar-refractivity contribution < 1.29 is 37.4 Å². The van der Waals surface area contributed by atoms with Crippen LogP contribution in [0.5, 0.6) is 0 Å². The molecule has 1 heterocycles. The Morgan fingerprint density at radius 3 is 1.58 bits per heavy atom. The monoisotopic (exact) mass is 809 g/mol. The lowest BCUT2D eigenvalue weighted by Gasteiger charge is -2.40. The van der Waals surface area contributed by atoms with Gasteiger partial charge in [0.1, 0.15) is 13.2 Å². The molecule has 57 heavy (non-hydrogen) atoms. The number of likely N-dealkylation sites (tertiary alicyclic amines) is 1. The number of ether oxygens (including phenoxy) is 3. The molecule has 0 bridgehead atoms. The van der Waals surface area contributed by atoms with Crippen LogP contribution in [0.4, 0.5) is 13.6 Å². The van der Waals surface area contributed by atoms with Crippen LogP contribution in [0.3, 0.4) is 0 Å². The van der Waals surface area contributed by atoms with Gasteiger partial charge in [-0.1, -0.05) is 134 Å². The van der Waals surface area contributed by atoms with E-state index in [1.807, 2.05) is 4.90 Å². The van der Waals surface area contributed by atoms with E-state index in [1.165, 1.54) is 70.6 Å². The maximum absolute atomic E-state index is 12.8. The number of nitrogens with zero attached hydrogens (tertiary/aromatic N) is 1. The normalized spacial score (nSPS) is 14.2. The van der Waals surface area contributed by atoms with E-state index in [4.69, 9.17) is 14.2 Å². The number of amides is 1. The van der Waals surface area contributed by atoms with Crippen LogP contribution in [0.25, 0.3) is 0 Å². The van der Waals surface area contributed by atoms with Gasteiger partial charge in [-0.2, -0.15) is 0 Å². The summed E-state index contributed by atoms with van der Waals surface area (Å²) < 4.78 is 42.1. The van der Waals surface area contributed by atoms with Crippen molar-refractivity contribution in [3.05, 3.63) is 36.5 Å². The van der Waals surface area contributed by atoms with Crippen LogP contribution in [-0.4, -0.2) is 81.3 Å². The molecular weight excluding hydrogens is 727 g/mol. The zero-order valence-corrected chi connectivity index (χ0v) is 36.2. The second-order valence-electron chi connectivity index (χ2n) is 15.9. The van der Waals surface area contributed by atoms with Gasteiger partial charge in [-0.3, -0.25) is 23.3 Å². The third-order valence-corrected chi connectivity index (χ3v) is 10.3. The number of hydrogen-bond acceptors (Lipinski definition) is 7. The van der Waals surface area contributed by atoms with E-state index in [9.17, 15) is 23.2 Å². The van der Waals surface area contributed by atoms with Crippen molar-refractivity contribution in [3.8, 4) is 0 Å². The SMILES string of the molecule is CCCCC/C=C\C/C=C\CCCCCCCC(=O)OCC(COC(=O)NC1CN(CC(CF)CF)C1)OC(=O)CCCCCCC/C=C\CCCCCCCC. The van der Waals surface area contributed by atoms with Gasteiger partial charge in [0.25, 0.3) is 0 Å². The van der Waals surface area contributed by atoms with Crippen molar-refractivity contribution in [1.29, 1.82) is 0 Å². The van der Waals surface area contributed by atoms with Crippen molar-refractivity contribution in [1.82, 2.24) is 10.2 Å². The molecule has 1 rings (SSSR count). The second-order valence-corrected chi connectivity index (χ2v) is 15.9. The standard InChI is InChI=1S/C47H82F2N2O6/c1-3-5-7-9-11-13-15-17-19-21-23-25-27-29-31-33-45(52)55-40-44(41-56-47(54)50-43-38-51(39-43)37-42(35-48)36-49)57-46(53)34-32-30-28-26-24-22-20-18-16-14-12-10-8-6-4-2/h11,13,17-20,42-44H,3-10,12,14-16,21-41H2,1-2H3,(H,50,54)/b13-11-,19-17-,20-18-. The van der Waals surface area contributed by atoms with E-state index >= 15 is 0 Å². The zero-order chi connectivity index (χ0) is 41.4.